The minimum atomic E-state index is -4.40. The molecule has 0 fully saturated rings. The Morgan fingerprint density at radius 3 is 2.33 bits per heavy atom. The third-order valence-electron chi connectivity index (χ3n) is 6.86. The fraction of sp³-hybridized carbons (Fsp3) is 0.438. The highest BCUT2D eigenvalue weighted by molar-refractivity contribution is 5.83. The van der Waals surface area contributed by atoms with Crippen LogP contribution >= 0.6 is 0 Å². The molecule has 0 bridgehead atoms. The first-order chi connectivity index (χ1) is 19.2. The van der Waals surface area contributed by atoms with Gasteiger partial charge in [-0.1, -0.05) is 61.9 Å². The Labute approximate surface area is 234 Å². The molecule has 5 nitrogen and oxygen atoms in total. The number of alkyl halides is 3. The summed E-state index contributed by atoms with van der Waals surface area (Å²) in [4.78, 5) is 15.7. The van der Waals surface area contributed by atoms with E-state index in [1.807, 2.05) is 48.5 Å². The molecule has 8 heteroatoms. The smallest absolute Gasteiger partial charge is 0.414 e. The van der Waals surface area contributed by atoms with Gasteiger partial charge >= 0.3 is 12.1 Å². The Bertz CT molecular complexity index is 1180. The van der Waals surface area contributed by atoms with Crippen LogP contribution in [0, 0.1) is 0 Å². The number of pyridine rings is 1. The molecule has 2 unspecified atom stereocenters. The van der Waals surface area contributed by atoms with E-state index in [1.165, 1.54) is 0 Å². The van der Waals surface area contributed by atoms with Gasteiger partial charge in [0.2, 0.25) is 5.88 Å². The molecule has 0 aliphatic rings. The van der Waals surface area contributed by atoms with Gasteiger partial charge in [-0.25, -0.2) is 4.98 Å². The van der Waals surface area contributed by atoms with Gasteiger partial charge in [-0.2, -0.15) is 13.2 Å². The Hall–Kier alpha value is -3.39. The summed E-state index contributed by atoms with van der Waals surface area (Å²) < 4.78 is 49.2. The number of nitrogens with zero attached hydrogens (tertiary/aromatic N) is 1. The number of benzene rings is 2. The van der Waals surface area contributed by atoms with Crippen LogP contribution in [0.4, 0.5) is 13.2 Å². The lowest BCUT2D eigenvalue weighted by Gasteiger charge is -2.21. The zero-order valence-electron chi connectivity index (χ0n) is 23.1. The van der Waals surface area contributed by atoms with Gasteiger partial charge in [0.25, 0.3) is 0 Å². The first-order valence-electron chi connectivity index (χ1n) is 13.9. The van der Waals surface area contributed by atoms with Crippen molar-refractivity contribution in [2.24, 2.45) is 0 Å². The normalized spacial score (nSPS) is 13.1. The van der Waals surface area contributed by atoms with Gasteiger partial charge in [0.05, 0.1) is 6.61 Å². The molecule has 0 aliphatic carbocycles. The molecule has 1 heterocycles. The number of hydrogen-bond donors (Lipinski definition) is 1. The molecular formula is C32H38F3NO4. The summed E-state index contributed by atoms with van der Waals surface area (Å²) in [7, 11) is 0. The summed E-state index contributed by atoms with van der Waals surface area (Å²) in [5.74, 6) is -0.333. The van der Waals surface area contributed by atoms with Crippen LogP contribution in [0.1, 0.15) is 70.3 Å². The largest absolute Gasteiger partial charge is 0.481 e. The van der Waals surface area contributed by atoms with Crippen LogP contribution in [0.3, 0.4) is 0 Å². The van der Waals surface area contributed by atoms with Gasteiger partial charge in [-0.3, -0.25) is 4.79 Å². The third kappa shape index (κ3) is 9.66. The first kappa shape index (κ1) is 31.1. The van der Waals surface area contributed by atoms with Crippen molar-refractivity contribution in [1.82, 2.24) is 4.98 Å². The lowest BCUT2D eigenvalue weighted by Crippen LogP contribution is -2.28. The summed E-state index contributed by atoms with van der Waals surface area (Å²) in [6.07, 6.45) is -0.316. The molecule has 0 saturated carbocycles. The molecule has 1 N–H and O–H groups in total. The zero-order valence-corrected chi connectivity index (χ0v) is 23.1. The molecule has 3 aromatic rings. The number of ether oxygens (including phenoxy) is 2. The van der Waals surface area contributed by atoms with Crippen molar-refractivity contribution < 1.29 is 32.5 Å². The maximum absolute atomic E-state index is 12.8. The van der Waals surface area contributed by atoms with E-state index in [1.54, 1.807) is 6.20 Å². The average Bonchev–Trinajstić information content (AvgIpc) is 2.94. The Morgan fingerprint density at radius 2 is 1.68 bits per heavy atom. The monoisotopic (exact) mass is 557 g/mol. The van der Waals surface area contributed by atoms with Gasteiger partial charge in [0, 0.05) is 30.9 Å². The van der Waals surface area contributed by atoms with Gasteiger partial charge in [0.15, 0.2) is 6.10 Å². The van der Waals surface area contributed by atoms with E-state index in [4.69, 9.17) is 14.6 Å². The molecule has 2 aromatic carbocycles. The molecular weight excluding hydrogens is 519 g/mol. The number of hydrogen-bond acceptors (Lipinski definition) is 4. The fourth-order valence-electron chi connectivity index (χ4n) is 4.53. The van der Waals surface area contributed by atoms with Crippen molar-refractivity contribution in [3.8, 4) is 28.1 Å². The first-order valence-corrected chi connectivity index (χ1v) is 13.9. The molecule has 2 atom stereocenters. The Balaban J connectivity index is 1.88. The van der Waals surface area contributed by atoms with Gasteiger partial charge in [-0.15, -0.1) is 0 Å². The molecule has 40 heavy (non-hydrogen) atoms. The number of carboxylic acid groups (broad SMARTS) is 1. The van der Waals surface area contributed by atoms with Crippen LogP contribution in [0.5, 0.6) is 5.88 Å². The maximum Gasteiger partial charge on any atom is 0.414 e. The minimum absolute atomic E-state index is 0.0194. The van der Waals surface area contributed by atoms with Crippen LogP contribution in [0.15, 0.2) is 66.9 Å². The van der Waals surface area contributed by atoms with Gasteiger partial charge < -0.3 is 14.6 Å². The second-order valence-corrected chi connectivity index (χ2v) is 9.94. The Kier molecular flexibility index (Phi) is 12.0. The number of aromatic nitrogens is 1. The second kappa shape index (κ2) is 15.4. The van der Waals surface area contributed by atoms with E-state index < -0.39 is 18.2 Å². The van der Waals surface area contributed by atoms with Crippen molar-refractivity contribution >= 4 is 5.97 Å². The molecule has 0 spiro atoms. The number of halogens is 3. The quantitative estimate of drug-likeness (QED) is 0.179. The summed E-state index contributed by atoms with van der Waals surface area (Å²) in [6.45, 7) is 3.70. The van der Waals surface area contributed by atoms with Crippen LogP contribution in [-0.2, 0) is 9.53 Å². The molecule has 0 aliphatic heterocycles. The number of aliphatic carboxylic acids is 1. The number of carboxylic acids is 1. The predicted octanol–water partition coefficient (Wildman–Crippen LogP) is 8.68. The van der Waals surface area contributed by atoms with Crippen molar-refractivity contribution in [1.29, 1.82) is 0 Å². The zero-order chi connectivity index (χ0) is 29.0. The van der Waals surface area contributed by atoms with E-state index in [2.05, 4.69) is 24.0 Å². The Morgan fingerprint density at radius 1 is 0.925 bits per heavy atom. The molecule has 0 saturated heterocycles. The van der Waals surface area contributed by atoms with Crippen LogP contribution in [0.25, 0.3) is 22.3 Å². The van der Waals surface area contributed by atoms with E-state index >= 15 is 0 Å². The van der Waals surface area contributed by atoms with E-state index in [0.717, 1.165) is 47.6 Å². The topological polar surface area (TPSA) is 68.7 Å². The second-order valence-electron chi connectivity index (χ2n) is 9.94. The fourth-order valence-corrected chi connectivity index (χ4v) is 4.53. The molecule has 216 valence electrons. The summed E-state index contributed by atoms with van der Waals surface area (Å²) in [5.41, 5.74) is 4.96. The van der Waals surface area contributed by atoms with Crippen molar-refractivity contribution in [3.05, 3.63) is 72.4 Å². The average molecular weight is 558 g/mol. The molecule has 3 rings (SSSR count). The maximum atomic E-state index is 12.8. The summed E-state index contributed by atoms with van der Waals surface area (Å²) in [5, 5.41) is 9.15. The highest BCUT2D eigenvalue weighted by atomic mass is 19.4. The third-order valence-corrected chi connectivity index (χ3v) is 6.86. The van der Waals surface area contributed by atoms with Crippen LogP contribution in [-0.4, -0.2) is 41.6 Å². The van der Waals surface area contributed by atoms with Crippen molar-refractivity contribution in [2.45, 2.75) is 77.0 Å². The van der Waals surface area contributed by atoms with Gasteiger partial charge in [0.1, 0.15) is 0 Å². The SMILES string of the molecule is CCCCOc1ccc(-c2cc(C(CCCOC(C)C(F)(F)F)CCCC(=O)O)ccc2-c2ccccc2)cn1. The van der Waals surface area contributed by atoms with E-state index in [-0.39, 0.29) is 18.9 Å². The lowest BCUT2D eigenvalue weighted by molar-refractivity contribution is -0.214. The minimum Gasteiger partial charge on any atom is -0.481 e. The van der Waals surface area contributed by atoms with Crippen molar-refractivity contribution in [3.63, 3.8) is 0 Å². The molecule has 0 radical (unpaired) electrons. The number of rotatable bonds is 16. The number of unbranched alkanes of at least 4 members (excludes halogenated alkanes) is 1. The van der Waals surface area contributed by atoms with Gasteiger partial charge in [-0.05, 0) is 73.3 Å². The summed E-state index contributed by atoms with van der Waals surface area (Å²) >= 11 is 0. The van der Waals surface area contributed by atoms with Crippen LogP contribution < -0.4 is 4.74 Å². The van der Waals surface area contributed by atoms with E-state index in [0.29, 0.717) is 38.2 Å². The highest BCUT2D eigenvalue weighted by Gasteiger charge is 2.36. The molecule has 1 aromatic heterocycles. The van der Waals surface area contributed by atoms with E-state index in [9.17, 15) is 18.0 Å². The molecule has 0 amide bonds. The standard InChI is InChI=1S/C32H38F3NO4/c1-3-4-19-40-30-18-16-27(22-36-30)29-21-26(15-17-28(29)25-10-6-5-7-11-25)24(12-8-14-31(37)38)13-9-20-39-23(2)32(33,34)35/h5-7,10-11,15-18,21-24H,3-4,8-9,12-14,19-20H2,1-2H3,(H,37,38). The summed E-state index contributed by atoms with van der Waals surface area (Å²) in [6, 6.07) is 20.0. The number of carbonyl (C=O) groups is 1. The van der Waals surface area contributed by atoms with Crippen LogP contribution in [0.2, 0.25) is 0 Å². The predicted molar refractivity (Wildman–Crippen MR) is 150 cm³/mol. The van der Waals surface area contributed by atoms with Crippen molar-refractivity contribution in [2.75, 3.05) is 13.2 Å². The highest BCUT2D eigenvalue weighted by Crippen LogP contribution is 2.37. The lowest BCUT2D eigenvalue weighted by atomic mass is 9.85.